The van der Waals surface area contributed by atoms with E-state index in [0.717, 1.165) is 4.57 Å². The van der Waals surface area contributed by atoms with Crippen LogP contribution in [0.15, 0.2) is 66.7 Å². The number of carboxylic acid groups (broad SMARTS) is 1. The van der Waals surface area contributed by atoms with Gasteiger partial charge in [0.1, 0.15) is 17.5 Å². The Kier molecular flexibility index (Phi) is 8.52. The van der Waals surface area contributed by atoms with Gasteiger partial charge in [0.05, 0.1) is 21.1 Å². The second-order valence-electron chi connectivity index (χ2n) is 8.72. The summed E-state index contributed by atoms with van der Waals surface area (Å²) in [6.45, 7) is 0.103. The molecule has 1 atom stereocenters. The predicted molar refractivity (Wildman–Crippen MR) is 148 cm³/mol. The number of hydrogen-bond acceptors (Lipinski definition) is 6. The van der Waals surface area contributed by atoms with E-state index in [0.29, 0.717) is 22.9 Å². The number of aromatic nitrogens is 1. The van der Waals surface area contributed by atoms with Crippen molar-refractivity contribution in [1.29, 1.82) is 0 Å². The Labute approximate surface area is 237 Å². The lowest BCUT2D eigenvalue weighted by atomic mass is 10.0. The normalized spacial score (nSPS) is 11.6. The highest BCUT2D eigenvalue weighted by atomic mass is 35.5. The SMILES string of the molecule is O=Cn1c(C(=O)NC(CC(=O)c2c(Cl)cc(C(=O)NCc3cccc(O)c3)cc2Cl)C(=O)O)cc2ccccc21. The van der Waals surface area contributed by atoms with E-state index in [-0.39, 0.29) is 39.2 Å². The van der Waals surface area contributed by atoms with Crippen molar-refractivity contribution in [1.82, 2.24) is 15.2 Å². The van der Waals surface area contributed by atoms with Gasteiger partial charge in [-0.25, -0.2) is 4.79 Å². The fourth-order valence-corrected chi connectivity index (χ4v) is 4.80. The fraction of sp³-hybridized carbons (Fsp3) is 0.107. The number of Topliss-reactive ketones (excluding diaryl/α,β-unsaturated/α-hetero) is 1. The maximum Gasteiger partial charge on any atom is 0.326 e. The highest BCUT2D eigenvalue weighted by molar-refractivity contribution is 6.40. The number of fused-ring (bicyclic) bond motifs is 1. The van der Waals surface area contributed by atoms with Crippen LogP contribution in [-0.2, 0) is 16.1 Å². The average Bonchev–Trinajstić information content (AvgIpc) is 3.29. The molecule has 2 amide bonds. The maximum absolute atomic E-state index is 13.0. The van der Waals surface area contributed by atoms with Crippen LogP contribution in [0.2, 0.25) is 10.0 Å². The van der Waals surface area contributed by atoms with Gasteiger partial charge in [-0.05, 0) is 42.0 Å². The molecule has 0 spiro atoms. The molecule has 10 nitrogen and oxygen atoms in total. The van der Waals surface area contributed by atoms with Gasteiger partial charge in [-0.2, -0.15) is 0 Å². The van der Waals surface area contributed by atoms with Crippen molar-refractivity contribution in [2.75, 3.05) is 0 Å². The van der Waals surface area contributed by atoms with Gasteiger partial charge in [0.25, 0.3) is 11.8 Å². The first-order chi connectivity index (χ1) is 19.1. The third-order valence-electron chi connectivity index (χ3n) is 6.03. The van der Waals surface area contributed by atoms with Gasteiger partial charge in [-0.1, -0.05) is 53.5 Å². The van der Waals surface area contributed by atoms with Gasteiger partial charge in [0.2, 0.25) is 6.41 Å². The molecule has 1 unspecified atom stereocenters. The van der Waals surface area contributed by atoms with E-state index in [4.69, 9.17) is 23.2 Å². The largest absolute Gasteiger partial charge is 0.508 e. The van der Waals surface area contributed by atoms with Gasteiger partial charge in [0, 0.05) is 23.9 Å². The highest BCUT2D eigenvalue weighted by Gasteiger charge is 2.28. The molecular formula is C28H21Cl2N3O7. The quantitative estimate of drug-likeness (QED) is 0.162. The zero-order valence-electron chi connectivity index (χ0n) is 20.6. The Balaban J connectivity index is 1.49. The highest BCUT2D eigenvalue weighted by Crippen LogP contribution is 2.29. The van der Waals surface area contributed by atoms with Crippen LogP contribution in [0.1, 0.15) is 43.2 Å². The van der Waals surface area contributed by atoms with Crippen LogP contribution in [-0.4, -0.2) is 50.8 Å². The summed E-state index contributed by atoms with van der Waals surface area (Å²) < 4.78 is 1.07. The molecule has 0 aliphatic rings. The molecule has 0 aliphatic carbocycles. The topological polar surface area (TPSA) is 155 Å². The molecule has 1 heterocycles. The molecule has 0 saturated carbocycles. The molecule has 0 bridgehead atoms. The minimum atomic E-state index is -1.67. The molecular weight excluding hydrogens is 561 g/mol. The standard InChI is InChI=1S/C28H21Cl2N3O7/c29-19-9-17(26(37)31-13-15-4-3-6-18(35)8-15)10-20(30)25(19)24(36)12-21(28(39)40)32-27(38)23-11-16-5-1-2-7-22(16)33(23)14-34/h1-11,14,21,35H,12-13H2,(H,31,37)(H,32,38)(H,39,40). The number of carbonyl (C=O) groups excluding carboxylic acids is 4. The summed E-state index contributed by atoms with van der Waals surface area (Å²) in [6, 6.07) is 15.2. The molecule has 0 fully saturated rings. The van der Waals surface area contributed by atoms with Crippen molar-refractivity contribution >= 4 is 64.1 Å². The number of nitrogens with zero attached hydrogens (tertiary/aromatic N) is 1. The van der Waals surface area contributed by atoms with Crippen molar-refractivity contribution in [3.8, 4) is 5.75 Å². The summed E-state index contributed by atoms with van der Waals surface area (Å²) in [4.78, 5) is 62.0. The number of hydrogen-bond donors (Lipinski definition) is 4. The van der Waals surface area contributed by atoms with E-state index in [9.17, 15) is 34.2 Å². The Morgan fingerprint density at radius 3 is 2.27 bits per heavy atom. The number of nitrogens with one attached hydrogen (secondary N) is 2. The number of halogens is 2. The van der Waals surface area contributed by atoms with Gasteiger partial charge in [0.15, 0.2) is 5.78 Å². The summed E-state index contributed by atoms with van der Waals surface area (Å²) in [5, 5.41) is 24.4. The first-order valence-corrected chi connectivity index (χ1v) is 12.5. The number of phenols is 1. The number of carboxylic acids is 1. The first-order valence-electron chi connectivity index (χ1n) is 11.8. The minimum absolute atomic E-state index is 0.0442. The second kappa shape index (κ2) is 12.0. The summed E-state index contributed by atoms with van der Waals surface area (Å²) in [5.41, 5.74) is 0.835. The molecule has 0 saturated heterocycles. The van der Waals surface area contributed by atoms with Gasteiger partial charge in [-0.3, -0.25) is 23.7 Å². The van der Waals surface area contributed by atoms with Crippen LogP contribution < -0.4 is 10.6 Å². The molecule has 4 N–H and O–H groups in total. The monoisotopic (exact) mass is 581 g/mol. The maximum atomic E-state index is 13.0. The molecule has 0 radical (unpaired) electrons. The van der Waals surface area contributed by atoms with Gasteiger partial charge >= 0.3 is 5.97 Å². The zero-order valence-corrected chi connectivity index (χ0v) is 22.1. The van der Waals surface area contributed by atoms with Crippen molar-refractivity contribution in [2.24, 2.45) is 0 Å². The average molecular weight is 582 g/mol. The van der Waals surface area contributed by atoms with E-state index in [1.807, 2.05) is 0 Å². The van der Waals surface area contributed by atoms with E-state index in [2.05, 4.69) is 10.6 Å². The predicted octanol–water partition coefficient (Wildman–Crippen LogP) is 4.08. The molecule has 0 aliphatic heterocycles. The summed E-state index contributed by atoms with van der Waals surface area (Å²) in [7, 11) is 0. The molecule has 1 aromatic heterocycles. The summed E-state index contributed by atoms with van der Waals surface area (Å²) in [6.07, 6.45) is -0.274. The number of aliphatic carboxylic acids is 1. The summed E-state index contributed by atoms with van der Waals surface area (Å²) in [5.74, 6) is -3.66. The molecule has 40 heavy (non-hydrogen) atoms. The number of para-hydroxylation sites is 1. The van der Waals surface area contributed by atoms with Crippen LogP contribution in [0.3, 0.4) is 0 Å². The third-order valence-corrected chi connectivity index (χ3v) is 6.62. The van der Waals surface area contributed by atoms with Gasteiger partial charge in [-0.15, -0.1) is 0 Å². The fourth-order valence-electron chi connectivity index (χ4n) is 4.11. The number of phenolic OH excluding ortho intramolecular Hbond substituents is 1. The Bertz CT molecular complexity index is 1640. The van der Waals surface area contributed by atoms with Crippen molar-refractivity contribution in [2.45, 2.75) is 19.0 Å². The van der Waals surface area contributed by atoms with Crippen LogP contribution in [0.5, 0.6) is 5.75 Å². The third kappa shape index (κ3) is 6.14. The number of amides is 2. The van der Waals surface area contributed by atoms with Crippen molar-refractivity contribution in [3.63, 3.8) is 0 Å². The minimum Gasteiger partial charge on any atom is -0.508 e. The van der Waals surface area contributed by atoms with Crippen molar-refractivity contribution < 1.29 is 34.2 Å². The molecule has 3 aromatic carbocycles. The van der Waals surface area contributed by atoms with E-state index >= 15 is 0 Å². The van der Waals surface area contributed by atoms with Crippen molar-refractivity contribution in [3.05, 3.63) is 99.2 Å². The molecule has 12 heteroatoms. The molecule has 204 valence electrons. The molecule has 4 aromatic rings. The lowest BCUT2D eigenvalue weighted by Crippen LogP contribution is -2.43. The van der Waals surface area contributed by atoms with Gasteiger partial charge < -0.3 is 20.8 Å². The number of rotatable bonds is 10. The van der Waals surface area contributed by atoms with Crippen LogP contribution in [0, 0.1) is 0 Å². The second-order valence-corrected chi connectivity index (χ2v) is 9.54. The lowest BCUT2D eigenvalue weighted by molar-refractivity contribution is -0.139. The number of benzene rings is 3. The number of ketones is 1. The smallest absolute Gasteiger partial charge is 0.326 e. The Morgan fingerprint density at radius 2 is 1.62 bits per heavy atom. The lowest BCUT2D eigenvalue weighted by Gasteiger charge is -2.15. The van der Waals surface area contributed by atoms with E-state index in [1.165, 1.54) is 30.3 Å². The van der Waals surface area contributed by atoms with E-state index < -0.39 is 36.0 Å². The Morgan fingerprint density at radius 1 is 0.925 bits per heavy atom. The van der Waals surface area contributed by atoms with Crippen LogP contribution in [0.25, 0.3) is 10.9 Å². The van der Waals surface area contributed by atoms with E-state index in [1.54, 1.807) is 36.4 Å². The summed E-state index contributed by atoms with van der Waals surface area (Å²) >= 11 is 12.5. The number of carbonyl (C=O) groups is 5. The number of aromatic hydroxyl groups is 1. The Hall–Kier alpha value is -4.67. The zero-order chi connectivity index (χ0) is 29.0. The molecule has 4 rings (SSSR count). The van der Waals surface area contributed by atoms with Crippen LogP contribution >= 0.6 is 23.2 Å². The van der Waals surface area contributed by atoms with Crippen LogP contribution in [0.4, 0.5) is 0 Å². The first kappa shape index (κ1) is 28.3.